The first-order valence-corrected chi connectivity index (χ1v) is 8.03. The maximum absolute atomic E-state index is 12.4. The first-order chi connectivity index (χ1) is 11.9. The van der Waals surface area contributed by atoms with Crippen molar-refractivity contribution < 1.29 is 18.3 Å². The predicted molar refractivity (Wildman–Crippen MR) is 97.3 cm³/mol. The Bertz CT molecular complexity index is 749. The molecule has 2 aromatic carbocycles. The summed E-state index contributed by atoms with van der Waals surface area (Å²) in [6.45, 7) is 1.17. The largest absolute Gasteiger partial charge is 0.433 e. The number of amides is 1. The van der Waals surface area contributed by atoms with Crippen LogP contribution in [0, 0.1) is 0 Å². The van der Waals surface area contributed by atoms with Crippen LogP contribution < -0.4 is 15.4 Å². The number of hydrogen-bond donors (Lipinski definition) is 2. The van der Waals surface area contributed by atoms with Gasteiger partial charge in [0.1, 0.15) is 5.75 Å². The van der Waals surface area contributed by atoms with Crippen LogP contribution in [-0.4, -0.2) is 17.6 Å². The average Bonchev–Trinajstić information content (AvgIpc) is 2.56. The zero-order valence-corrected chi connectivity index (χ0v) is 14.6. The fourth-order valence-corrected chi connectivity index (χ4v) is 2.32. The Kier molecular flexibility index (Phi) is 6.41. The number of carbonyl (C=O) groups is 1. The van der Waals surface area contributed by atoms with Crippen molar-refractivity contribution in [1.82, 2.24) is 5.32 Å². The Hall–Kier alpha value is -2.54. The quantitative estimate of drug-likeness (QED) is 0.765. The van der Waals surface area contributed by atoms with Crippen molar-refractivity contribution >= 4 is 28.9 Å². The van der Waals surface area contributed by atoms with Crippen LogP contribution in [0.3, 0.4) is 0 Å². The number of halogens is 2. The highest BCUT2D eigenvalue weighted by Crippen LogP contribution is 2.25. The highest BCUT2D eigenvalue weighted by molar-refractivity contribution is 7.80. The van der Waals surface area contributed by atoms with Crippen LogP contribution in [0.5, 0.6) is 5.75 Å². The van der Waals surface area contributed by atoms with E-state index in [0.29, 0.717) is 11.5 Å². The molecular weight excluding hydrogens is 346 g/mol. The molecule has 2 N–H and O–H groups in total. The maximum atomic E-state index is 12.4. The summed E-state index contributed by atoms with van der Waals surface area (Å²) in [5.41, 5.74) is 1.81. The number of anilines is 1. The molecule has 0 aliphatic carbocycles. The van der Waals surface area contributed by atoms with E-state index < -0.39 is 6.61 Å². The lowest BCUT2D eigenvalue weighted by Crippen LogP contribution is -2.34. The van der Waals surface area contributed by atoms with Crippen LogP contribution in [0.2, 0.25) is 0 Å². The van der Waals surface area contributed by atoms with E-state index in [9.17, 15) is 13.6 Å². The SMILES string of the molecule is CC(C)c1ccc(C(=O)NC(=S)Nc2ccccc2OC(F)F)cc1. The lowest BCUT2D eigenvalue weighted by atomic mass is 10.0. The molecule has 2 aromatic rings. The van der Waals surface area contributed by atoms with E-state index >= 15 is 0 Å². The molecule has 25 heavy (non-hydrogen) atoms. The van der Waals surface area contributed by atoms with Crippen molar-refractivity contribution in [2.45, 2.75) is 26.4 Å². The van der Waals surface area contributed by atoms with Crippen molar-refractivity contribution in [3.8, 4) is 5.75 Å². The van der Waals surface area contributed by atoms with Gasteiger partial charge in [-0.2, -0.15) is 8.78 Å². The second-order valence-electron chi connectivity index (χ2n) is 5.56. The van der Waals surface area contributed by atoms with E-state index in [1.165, 1.54) is 12.1 Å². The first-order valence-electron chi connectivity index (χ1n) is 7.63. The molecule has 0 heterocycles. The summed E-state index contributed by atoms with van der Waals surface area (Å²) in [6, 6.07) is 13.3. The lowest BCUT2D eigenvalue weighted by molar-refractivity contribution is -0.0493. The minimum absolute atomic E-state index is 0.0109. The molecule has 0 fully saturated rings. The summed E-state index contributed by atoms with van der Waals surface area (Å²) in [6.07, 6.45) is 0. The van der Waals surface area contributed by atoms with Crippen LogP contribution in [-0.2, 0) is 0 Å². The summed E-state index contributed by atoms with van der Waals surface area (Å²) < 4.78 is 29.2. The van der Waals surface area contributed by atoms with Crippen molar-refractivity contribution in [3.05, 3.63) is 59.7 Å². The Labute approximate surface area is 150 Å². The van der Waals surface area contributed by atoms with E-state index in [0.717, 1.165) is 5.56 Å². The normalized spacial score (nSPS) is 10.6. The van der Waals surface area contributed by atoms with E-state index in [-0.39, 0.29) is 22.5 Å². The number of carbonyl (C=O) groups excluding carboxylic acids is 1. The second-order valence-corrected chi connectivity index (χ2v) is 5.97. The monoisotopic (exact) mass is 364 g/mol. The molecular formula is C18H18F2N2O2S. The van der Waals surface area contributed by atoms with Gasteiger partial charge in [-0.15, -0.1) is 0 Å². The molecule has 0 radical (unpaired) electrons. The zero-order chi connectivity index (χ0) is 18.4. The van der Waals surface area contributed by atoms with Gasteiger partial charge in [-0.25, -0.2) is 0 Å². The molecule has 1 amide bonds. The summed E-state index contributed by atoms with van der Waals surface area (Å²) in [5.74, 6) is -0.0818. The van der Waals surface area contributed by atoms with Crippen LogP contribution in [0.4, 0.5) is 14.5 Å². The van der Waals surface area contributed by atoms with Crippen LogP contribution >= 0.6 is 12.2 Å². The topological polar surface area (TPSA) is 50.4 Å². The zero-order valence-electron chi connectivity index (χ0n) is 13.8. The Morgan fingerprint density at radius 3 is 2.32 bits per heavy atom. The highest BCUT2D eigenvalue weighted by atomic mass is 32.1. The molecule has 0 saturated carbocycles. The van der Waals surface area contributed by atoms with E-state index in [1.54, 1.807) is 24.3 Å². The van der Waals surface area contributed by atoms with Crippen molar-refractivity contribution in [3.63, 3.8) is 0 Å². The number of rotatable bonds is 5. The molecule has 0 saturated heterocycles. The minimum atomic E-state index is -2.95. The van der Waals surface area contributed by atoms with Gasteiger partial charge in [-0.1, -0.05) is 38.1 Å². The molecule has 0 unspecified atom stereocenters. The molecule has 0 aliphatic rings. The van der Waals surface area contributed by atoms with Crippen molar-refractivity contribution in [2.24, 2.45) is 0 Å². The number of benzene rings is 2. The van der Waals surface area contributed by atoms with Gasteiger partial charge in [0.05, 0.1) is 5.69 Å². The van der Waals surface area contributed by atoms with Gasteiger partial charge in [0, 0.05) is 5.56 Å². The predicted octanol–water partition coefficient (Wildman–Crippen LogP) is 4.54. The number of para-hydroxylation sites is 2. The summed E-state index contributed by atoms with van der Waals surface area (Å²) >= 11 is 5.07. The van der Waals surface area contributed by atoms with Crippen LogP contribution in [0.15, 0.2) is 48.5 Å². The molecule has 132 valence electrons. The average molecular weight is 364 g/mol. The van der Waals surface area contributed by atoms with E-state index in [2.05, 4.69) is 29.2 Å². The van der Waals surface area contributed by atoms with Gasteiger partial charge in [-0.05, 0) is 48.0 Å². The molecule has 0 spiro atoms. The molecule has 4 nitrogen and oxygen atoms in total. The van der Waals surface area contributed by atoms with Gasteiger partial charge in [-0.3, -0.25) is 10.1 Å². The second kappa shape index (κ2) is 8.53. The first kappa shape index (κ1) is 18.8. The van der Waals surface area contributed by atoms with Gasteiger partial charge in [0.25, 0.3) is 5.91 Å². The molecule has 0 aliphatic heterocycles. The van der Waals surface area contributed by atoms with E-state index in [4.69, 9.17) is 12.2 Å². The number of alkyl halides is 2. The van der Waals surface area contributed by atoms with E-state index in [1.807, 2.05) is 12.1 Å². The smallest absolute Gasteiger partial charge is 0.387 e. The molecule has 0 atom stereocenters. The number of thiocarbonyl (C=S) groups is 1. The summed E-state index contributed by atoms with van der Waals surface area (Å²) in [5, 5.41) is 5.19. The van der Waals surface area contributed by atoms with Gasteiger partial charge in [0.2, 0.25) is 0 Å². The Morgan fingerprint density at radius 2 is 1.72 bits per heavy atom. The number of ether oxygens (including phenoxy) is 1. The van der Waals surface area contributed by atoms with Crippen molar-refractivity contribution in [2.75, 3.05) is 5.32 Å². The fraction of sp³-hybridized carbons (Fsp3) is 0.222. The molecule has 0 bridgehead atoms. The third-order valence-electron chi connectivity index (χ3n) is 3.42. The Balaban J connectivity index is 2.01. The van der Waals surface area contributed by atoms with Gasteiger partial charge < -0.3 is 10.1 Å². The fourth-order valence-electron chi connectivity index (χ4n) is 2.12. The van der Waals surface area contributed by atoms with Gasteiger partial charge in [0.15, 0.2) is 5.11 Å². The third-order valence-corrected chi connectivity index (χ3v) is 3.62. The minimum Gasteiger partial charge on any atom is -0.433 e. The Morgan fingerprint density at radius 1 is 1.08 bits per heavy atom. The number of nitrogens with one attached hydrogen (secondary N) is 2. The summed E-state index contributed by atoms with van der Waals surface area (Å²) in [7, 11) is 0. The summed E-state index contributed by atoms with van der Waals surface area (Å²) in [4.78, 5) is 12.2. The van der Waals surface area contributed by atoms with Gasteiger partial charge >= 0.3 is 6.61 Å². The molecule has 2 rings (SSSR count). The number of hydrogen-bond acceptors (Lipinski definition) is 3. The van der Waals surface area contributed by atoms with Crippen LogP contribution in [0.25, 0.3) is 0 Å². The molecule has 7 heteroatoms. The molecule has 0 aromatic heterocycles. The third kappa shape index (κ3) is 5.49. The standard InChI is InChI=1S/C18H18F2N2O2S/c1-11(2)12-7-9-13(10-8-12)16(23)22-18(25)21-14-5-3-4-6-15(14)24-17(19)20/h3-11,17H,1-2H3,(H2,21,22,23,25). The lowest BCUT2D eigenvalue weighted by Gasteiger charge is -2.14. The highest BCUT2D eigenvalue weighted by Gasteiger charge is 2.12. The van der Waals surface area contributed by atoms with Crippen LogP contribution in [0.1, 0.15) is 35.7 Å². The maximum Gasteiger partial charge on any atom is 0.387 e. The van der Waals surface area contributed by atoms with Crippen molar-refractivity contribution in [1.29, 1.82) is 0 Å².